The number of aryl methyl sites for hydroxylation is 3. The van der Waals surface area contributed by atoms with Crippen LogP contribution in [0.2, 0.25) is 5.02 Å². The molecular formula is C31H33BrClN7O. The molecule has 3 aromatic heterocycles. The van der Waals surface area contributed by atoms with Gasteiger partial charge in [-0.2, -0.15) is 0 Å². The summed E-state index contributed by atoms with van der Waals surface area (Å²) in [6, 6.07) is 12.0. The van der Waals surface area contributed by atoms with E-state index in [9.17, 15) is 4.79 Å². The fraction of sp³-hybridized carbons (Fsp3) is 0.355. The summed E-state index contributed by atoms with van der Waals surface area (Å²) >= 11 is 10.1. The molecule has 1 aromatic carbocycles. The molecule has 1 N–H and O–H groups in total. The third kappa shape index (κ3) is 6.54. The Morgan fingerprint density at radius 1 is 1.12 bits per heavy atom. The monoisotopic (exact) mass is 633 g/mol. The van der Waals surface area contributed by atoms with Crippen LogP contribution in [0.25, 0.3) is 0 Å². The summed E-state index contributed by atoms with van der Waals surface area (Å²) in [5.41, 5.74) is 5.79. The van der Waals surface area contributed by atoms with Gasteiger partial charge in [0, 0.05) is 79.7 Å². The highest BCUT2D eigenvalue weighted by molar-refractivity contribution is 9.10. The first-order valence-corrected chi connectivity index (χ1v) is 15.3. The van der Waals surface area contributed by atoms with E-state index in [0.29, 0.717) is 19.6 Å². The number of imidazole rings is 1. The maximum absolute atomic E-state index is 14.1. The fourth-order valence-electron chi connectivity index (χ4n) is 6.02. The number of hydrogen-bond acceptors (Lipinski definition) is 6. The van der Waals surface area contributed by atoms with Crippen LogP contribution in [0.3, 0.4) is 0 Å². The van der Waals surface area contributed by atoms with Crippen LogP contribution in [0, 0.1) is 0 Å². The Balaban J connectivity index is 1.26. The van der Waals surface area contributed by atoms with Crippen molar-refractivity contribution in [3.8, 4) is 0 Å². The number of hydrogen-bond donors (Lipinski definition) is 1. The Labute approximate surface area is 253 Å². The van der Waals surface area contributed by atoms with Gasteiger partial charge in [-0.3, -0.25) is 19.7 Å². The second-order valence-corrected chi connectivity index (χ2v) is 12.1. The number of pyridine rings is 2. The van der Waals surface area contributed by atoms with Crippen LogP contribution in [0.4, 0.5) is 0 Å². The van der Waals surface area contributed by atoms with E-state index in [1.165, 1.54) is 16.7 Å². The summed E-state index contributed by atoms with van der Waals surface area (Å²) in [5.74, 6) is 0.109. The topological polar surface area (TPSA) is 79.2 Å². The molecule has 1 amide bonds. The fourth-order valence-corrected chi connectivity index (χ4v) is 6.59. The largest absolute Gasteiger partial charge is 0.337 e. The first-order chi connectivity index (χ1) is 20.0. The average Bonchev–Trinajstić information content (AvgIpc) is 3.46. The number of halogens is 2. The summed E-state index contributed by atoms with van der Waals surface area (Å²) in [4.78, 5) is 31.9. The number of carbonyl (C=O) groups is 1. The lowest BCUT2D eigenvalue weighted by Crippen LogP contribution is -2.58. The normalized spacial score (nSPS) is 18.8. The lowest BCUT2D eigenvalue weighted by Gasteiger charge is -2.40. The molecule has 212 valence electrons. The highest BCUT2D eigenvalue weighted by Crippen LogP contribution is 2.38. The summed E-state index contributed by atoms with van der Waals surface area (Å²) < 4.78 is 3.03. The van der Waals surface area contributed by atoms with E-state index in [-0.39, 0.29) is 18.0 Å². The van der Waals surface area contributed by atoms with Crippen molar-refractivity contribution >= 4 is 33.4 Å². The number of rotatable bonds is 8. The van der Waals surface area contributed by atoms with Gasteiger partial charge in [0.1, 0.15) is 0 Å². The highest BCUT2D eigenvalue weighted by atomic mass is 79.9. The Bertz CT molecular complexity index is 1430. The molecule has 4 heterocycles. The number of amides is 1. The molecule has 0 radical (unpaired) electrons. The van der Waals surface area contributed by atoms with E-state index < -0.39 is 0 Å². The van der Waals surface area contributed by atoms with Crippen molar-refractivity contribution in [1.82, 2.24) is 34.6 Å². The highest BCUT2D eigenvalue weighted by Gasteiger charge is 2.36. The van der Waals surface area contributed by atoms with Gasteiger partial charge in [-0.15, -0.1) is 0 Å². The molecule has 0 saturated carbocycles. The minimum absolute atomic E-state index is 0.0433. The molecular weight excluding hydrogens is 602 g/mol. The maximum atomic E-state index is 14.1. The molecule has 0 spiro atoms. The Morgan fingerprint density at radius 2 is 2.02 bits per heavy atom. The number of nitrogens with zero attached hydrogens (tertiary/aromatic N) is 6. The Hall–Kier alpha value is -3.11. The van der Waals surface area contributed by atoms with Crippen molar-refractivity contribution in [3.05, 3.63) is 111 Å². The van der Waals surface area contributed by atoms with Crippen molar-refractivity contribution in [2.75, 3.05) is 26.2 Å². The molecule has 8 nitrogen and oxygen atoms in total. The van der Waals surface area contributed by atoms with E-state index in [1.807, 2.05) is 52.6 Å². The van der Waals surface area contributed by atoms with E-state index in [2.05, 4.69) is 54.3 Å². The molecule has 0 unspecified atom stereocenters. The minimum Gasteiger partial charge on any atom is -0.337 e. The standard InChI is InChI=1S/C31H33BrClN7O/c32-25-15-24-5-4-23-16-26(33)6-7-27(23)30(29(24)37-18-25)39-14-10-36-28(20-39)31(41)40(19-22-3-1-8-34-17-22)12-2-11-38-13-9-35-21-38/h1,3,6-9,13,15-18,21,28,30,36H,2,4-5,10-12,14,19-20H2/t28-,30-/m1/s1. The summed E-state index contributed by atoms with van der Waals surface area (Å²) in [6.07, 6.45) is 13.7. The lowest BCUT2D eigenvalue weighted by molar-refractivity contribution is -0.135. The molecule has 1 aliphatic heterocycles. The third-order valence-corrected chi connectivity index (χ3v) is 8.64. The maximum Gasteiger partial charge on any atom is 0.241 e. The van der Waals surface area contributed by atoms with Crippen LogP contribution in [0.15, 0.2) is 78.2 Å². The average molecular weight is 635 g/mol. The zero-order valence-corrected chi connectivity index (χ0v) is 25.1. The smallest absolute Gasteiger partial charge is 0.241 e. The van der Waals surface area contributed by atoms with Gasteiger partial charge in [0.2, 0.25) is 5.91 Å². The van der Waals surface area contributed by atoms with Crippen LogP contribution in [-0.4, -0.2) is 67.4 Å². The number of benzene rings is 1. The van der Waals surface area contributed by atoms with Crippen LogP contribution in [-0.2, 0) is 30.7 Å². The molecule has 4 aromatic rings. The van der Waals surface area contributed by atoms with E-state index in [4.69, 9.17) is 16.6 Å². The number of nitrogens with one attached hydrogen (secondary N) is 1. The second-order valence-electron chi connectivity index (χ2n) is 10.7. The van der Waals surface area contributed by atoms with Crippen molar-refractivity contribution in [2.45, 2.75) is 44.4 Å². The SMILES string of the molecule is O=C([C@H]1CN([C@@H]2c3ccc(Cl)cc3CCc3cc(Br)cnc32)CCN1)N(CCCn1ccnc1)Cc1cccnc1. The predicted molar refractivity (Wildman–Crippen MR) is 163 cm³/mol. The van der Waals surface area contributed by atoms with Crippen LogP contribution in [0.1, 0.15) is 40.4 Å². The van der Waals surface area contributed by atoms with Gasteiger partial charge in [-0.25, -0.2) is 4.98 Å². The molecule has 10 heteroatoms. The molecule has 1 aliphatic carbocycles. The van der Waals surface area contributed by atoms with Crippen molar-refractivity contribution in [3.63, 3.8) is 0 Å². The quantitative estimate of drug-likeness (QED) is 0.304. The molecule has 1 saturated heterocycles. The van der Waals surface area contributed by atoms with Crippen LogP contribution in [0.5, 0.6) is 0 Å². The summed E-state index contributed by atoms with van der Waals surface area (Å²) in [7, 11) is 0. The first kappa shape index (κ1) is 28.0. The number of fused-ring (bicyclic) bond motifs is 2. The van der Waals surface area contributed by atoms with Crippen molar-refractivity contribution in [2.24, 2.45) is 0 Å². The van der Waals surface area contributed by atoms with Crippen molar-refractivity contribution < 1.29 is 4.79 Å². The molecule has 41 heavy (non-hydrogen) atoms. The number of carbonyl (C=O) groups excluding carboxylic acids is 1. The van der Waals surface area contributed by atoms with Gasteiger partial charge in [0.15, 0.2) is 0 Å². The van der Waals surface area contributed by atoms with Gasteiger partial charge in [-0.05, 0) is 81.7 Å². The molecule has 0 bridgehead atoms. The minimum atomic E-state index is -0.327. The van der Waals surface area contributed by atoms with E-state index in [0.717, 1.165) is 59.6 Å². The van der Waals surface area contributed by atoms with Crippen LogP contribution >= 0.6 is 27.5 Å². The first-order valence-electron chi connectivity index (χ1n) is 14.1. The van der Waals surface area contributed by atoms with Gasteiger partial charge >= 0.3 is 0 Å². The molecule has 1 fully saturated rings. The molecule has 2 aliphatic rings. The second kappa shape index (κ2) is 12.8. The van der Waals surface area contributed by atoms with E-state index in [1.54, 1.807) is 12.4 Å². The third-order valence-electron chi connectivity index (χ3n) is 7.97. The number of aromatic nitrogens is 4. The Morgan fingerprint density at radius 3 is 2.85 bits per heavy atom. The zero-order valence-electron chi connectivity index (χ0n) is 22.8. The summed E-state index contributed by atoms with van der Waals surface area (Å²) in [5, 5.41) is 4.28. The van der Waals surface area contributed by atoms with Gasteiger partial charge in [0.05, 0.1) is 24.1 Å². The van der Waals surface area contributed by atoms with E-state index >= 15 is 0 Å². The number of piperazine rings is 1. The Kier molecular flexibility index (Phi) is 8.76. The zero-order chi connectivity index (χ0) is 28.2. The summed E-state index contributed by atoms with van der Waals surface area (Å²) in [6.45, 7) is 4.11. The molecule has 6 rings (SSSR count). The van der Waals surface area contributed by atoms with Gasteiger partial charge in [-0.1, -0.05) is 23.7 Å². The lowest BCUT2D eigenvalue weighted by atomic mass is 9.95. The van der Waals surface area contributed by atoms with Gasteiger partial charge < -0.3 is 14.8 Å². The van der Waals surface area contributed by atoms with Crippen molar-refractivity contribution in [1.29, 1.82) is 0 Å². The molecule has 2 atom stereocenters. The predicted octanol–water partition coefficient (Wildman–Crippen LogP) is 4.67. The van der Waals surface area contributed by atoms with Crippen LogP contribution < -0.4 is 5.32 Å². The van der Waals surface area contributed by atoms with Gasteiger partial charge in [0.25, 0.3) is 0 Å².